The van der Waals surface area contributed by atoms with Crippen LogP contribution in [0, 0.1) is 6.92 Å². The van der Waals surface area contributed by atoms with Gasteiger partial charge < -0.3 is 10.1 Å². The fraction of sp³-hybridized carbons (Fsp3) is 0.400. The van der Waals surface area contributed by atoms with Gasteiger partial charge in [0.1, 0.15) is 5.60 Å². The zero-order valence-electron chi connectivity index (χ0n) is 11.5. The average molecular weight is 247 g/mol. The fourth-order valence-electron chi connectivity index (χ4n) is 1.57. The van der Waals surface area contributed by atoms with E-state index in [-0.39, 0.29) is 0 Å². The van der Waals surface area contributed by atoms with Crippen LogP contribution < -0.4 is 5.32 Å². The first-order chi connectivity index (χ1) is 8.31. The van der Waals surface area contributed by atoms with Crippen molar-refractivity contribution in [2.75, 3.05) is 0 Å². The van der Waals surface area contributed by atoms with E-state index < -0.39 is 11.7 Å². The maximum absolute atomic E-state index is 11.5. The Kier molecular flexibility index (Phi) is 4.54. The van der Waals surface area contributed by atoms with Crippen molar-refractivity contribution in [3.63, 3.8) is 0 Å². The van der Waals surface area contributed by atoms with Gasteiger partial charge in [-0.2, -0.15) is 0 Å². The number of ether oxygens (including phenoxy) is 1. The summed E-state index contributed by atoms with van der Waals surface area (Å²) < 4.78 is 5.17. The van der Waals surface area contributed by atoms with Crippen molar-refractivity contribution < 1.29 is 9.53 Å². The molecule has 0 heterocycles. The summed E-state index contributed by atoms with van der Waals surface area (Å²) in [5, 5.41) is 2.73. The van der Waals surface area contributed by atoms with Gasteiger partial charge in [-0.25, -0.2) is 4.79 Å². The highest BCUT2D eigenvalue weighted by molar-refractivity contribution is 5.67. The summed E-state index contributed by atoms with van der Waals surface area (Å²) in [7, 11) is 0. The molecule has 98 valence electrons. The summed E-state index contributed by atoms with van der Waals surface area (Å²) in [6.45, 7) is 11.8. The summed E-state index contributed by atoms with van der Waals surface area (Å²) in [6.07, 6.45) is 1.42. The molecule has 0 fully saturated rings. The van der Waals surface area contributed by atoms with Crippen LogP contribution in [-0.4, -0.2) is 11.7 Å². The molecule has 0 bridgehead atoms. The van der Waals surface area contributed by atoms with E-state index in [1.54, 1.807) is 0 Å². The Morgan fingerprint density at radius 3 is 2.61 bits per heavy atom. The fourth-order valence-corrected chi connectivity index (χ4v) is 1.57. The van der Waals surface area contributed by atoms with Crippen molar-refractivity contribution >= 4 is 12.2 Å². The molecule has 0 aliphatic carbocycles. The number of benzene rings is 1. The van der Waals surface area contributed by atoms with Crippen LogP contribution in [0.3, 0.4) is 0 Å². The van der Waals surface area contributed by atoms with Gasteiger partial charge in [0, 0.05) is 6.54 Å². The standard InChI is InChI=1S/C15H21NO2/c1-6-13-8-7-12(9-11(13)2)10-16-14(17)18-15(3,4)5/h6-9H,1,10H2,2-5H3,(H,16,17). The summed E-state index contributed by atoms with van der Waals surface area (Å²) in [5.74, 6) is 0. The zero-order chi connectivity index (χ0) is 13.8. The van der Waals surface area contributed by atoms with E-state index in [9.17, 15) is 4.79 Å². The number of carbonyl (C=O) groups excluding carboxylic acids is 1. The van der Waals surface area contributed by atoms with Gasteiger partial charge in [-0.3, -0.25) is 0 Å². The van der Waals surface area contributed by atoms with Gasteiger partial charge in [-0.1, -0.05) is 30.9 Å². The van der Waals surface area contributed by atoms with Gasteiger partial charge in [0.2, 0.25) is 0 Å². The smallest absolute Gasteiger partial charge is 0.407 e. The third-order valence-electron chi connectivity index (χ3n) is 2.39. The highest BCUT2D eigenvalue weighted by atomic mass is 16.6. The third-order valence-corrected chi connectivity index (χ3v) is 2.39. The van der Waals surface area contributed by atoms with Gasteiger partial charge in [0.15, 0.2) is 0 Å². The predicted octanol–water partition coefficient (Wildman–Crippen LogP) is 3.66. The lowest BCUT2D eigenvalue weighted by Crippen LogP contribution is -2.32. The predicted molar refractivity (Wildman–Crippen MR) is 74.3 cm³/mol. The van der Waals surface area contributed by atoms with Crippen LogP contribution in [0.25, 0.3) is 6.08 Å². The number of aryl methyl sites for hydroxylation is 1. The molecule has 0 saturated carbocycles. The Morgan fingerprint density at radius 1 is 1.44 bits per heavy atom. The first-order valence-electron chi connectivity index (χ1n) is 6.00. The molecule has 3 heteroatoms. The van der Waals surface area contributed by atoms with E-state index in [4.69, 9.17) is 4.74 Å². The quantitative estimate of drug-likeness (QED) is 0.885. The number of hydrogen-bond acceptors (Lipinski definition) is 2. The molecule has 0 radical (unpaired) electrons. The van der Waals surface area contributed by atoms with Crippen LogP contribution in [0.1, 0.15) is 37.5 Å². The molecule has 1 N–H and O–H groups in total. The molecule has 0 aromatic heterocycles. The molecule has 0 saturated heterocycles. The van der Waals surface area contributed by atoms with Crippen molar-refractivity contribution in [2.45, 2.75) is 39.8 Å². The van der Waals surface area contributed by atoms with Crippen molar-refractivity contribution in [1.29, 1.82) is 0 Å². The maximum Gasteiger partial charge on any atom is 0.407 e. The van der Waals surface area contributed by atoms with Gasteiger partial charge >= 0.3 is 6.09 Å². The molecule has 1 aromatic carbocycles. The highest BCUT2D eigenvalue weighted by Gasteiger charge is 2.15. The molecule has 0 atom stereocenters. The van der Waals surface area contributed by atoms with E-state index in [1.807, 2.05) is 52.0 Å². The van der Waals surface area contributed by atoms with Crippen LogP contribution in [0.15, 0.2) is 24.8 Å². The summed E-state index contributed by atoms with van der Waals surface area (Å²) in [6, 6.07) is 6.00. The van der Waals surface area contributed by atoms with Gasteiger partial charge in [0.05, 0.1) is 0 Å². The highest BCUT2D eigenvalue weighted by Crippen LogP contribution is 2.12. The molecule has 0 unspecified atom stereocenters. The molecule has 1 aromatic rings. The van der Waals surface area contributed by atoms with E-state index in [2.05, 4.69) is 11.9 Å². The van der Waals surface area contributed by atoms with E-state index in [0.29, 0.717) is 6.54 Å². The number of alkyl carbamates (subject to hydrolysis) is 1. The van der Waals surface area contributed by atoms with Crippen LogP contribution in [0.5, 0.6) is 0 Å². The van der Waals surface area contributed by atoms with E-state index in [1.165, 1.54) is 0 Å². The molecule has 18 heavy (non-hydrogen) atoms. The topological polar surface area (TPSA) is 38.3 Å². The van der Waals surface area contributed by atoms with Crippen LogP contribution >= 0.6 is 0 Å². The monoisotopic (exact) mass is 247 g/mol. The number of nitrogens with one attached hydrogen (secondary N) is 1. The minimum atomic E-state index is -0.466. The number of rotatable bonds is 3. The van der Waals surface area contributed by atoms with E-state index >= 15 is 0 Å². The summed E-state index contributed by atoms with van der Waals surface area (Å²) >= 11 is 0. The lowest BCUT2D eigenvalue weighted by Gasteiger charge is -2.19. The van der Waals surface area contributed by atoms with Crippen LogP contribution in [0.2, 0.25) is 0 Å². The molecule has 1 rings (SSSR count). The molecule has 1 amide bonds. The Bertz CT molecular complexity index is 444. The van der Waals surface area contributed by atoms with Gasteiger partial charge in [0.25, 0.3) is 0 Å². The minimum absolute atomic E-state index is 0.395. The van der Waals surface area contributed by atoms with E-state index in [0.717, 1.165) is 16.7 Å². The largest absolute Gasteiger partial charge is 0.444 e. The lowest BCUT2D eigenvalue weighted by atomic mass is 10.1. The minimum Gasteiger partial charge on any atom is -0.444 e. The molecule has 0 spiro atoms. The third kappa shape index (κ3) is 4.62. The molecular formula is C15H21NO2. The molecule has 0 aliphatic heterocycles. The van der Waals surface area contributed by atoms with Crippen molar-refractivity contribution in [1.82, 2.24) is 5.32 Å². The number of amides is 1. The number of hydrogen-bond donors (Lipinski definition) is 1. The Labute approximate surface area is 109 Å². The molecule has 3 nitrogen and oxygen atoms in total. The molecular weight excluding hydrogens is 226 g/mol. The summed E-state index contributed by atoms with van der Waals surface area (Å²) in [5.41, 5.74) is 2.83. The second-order valence-electron chi connectivity index (χ2n) is 5.25. The second-order valence-corrected chi connectivity index (χ2v) is 5.25. The maximum atomic E-state index is 11.5. The number of carbonyl (C=O) groups is 1. The van der Waals surface area contributed by atoms with Crippen molar-refractivity contribution in [3.8, 4) is 0 Å². The van der Waals surface area contributed by atoms with Crippen molar-refractivity contribution in [3.05, 3.63) is 41.5 Å². The normalized spacial score (nSPS) is 10.9. The van der Waals surface area contributed by atoms with Gasteiger partial charge in [-0.05, 0) is 44.4 Å². The Hall–Kier alpha value is -1.77. The zero-order valence-corrected chi connectivity index (χ0v) is 11.5. The van der Waals surface area contributed by atoms with Crippen molar-refractivity contribution in [2.24, 2.45) is 0 Å². The first-order valence-corrected chi connectivity index (χ1v) is 6.00. The van der Waals surface area contributed by atoms with Crippen LogP contribution in [-0.2, 0) is 11.3 Å². The summed E-state index contributed by atoms with van der Waals surface area (Å²) in [4.78, 5) is 11.5. The first kappa shape index (κ1) is 14.3. The van der Waals surface area contributed by atoms with Gasteiger partial charge in [-0.15, -0.1) is 0 Å². The molecule has 0 aliphatic rings. The lowest BCUT2D eigenvalue weighted by molar-refractivity contribution is 0.0523. The Morgan fingerprint density at radius 2 is 2.11 bits per heavy atom. The Balaban J connectivity index is 2.56. The SMILES string of the molecule is C=Cc1ccc(CNC(=O)OC(C)(C)C)cc1C. The van der Waals surface area contributed by atoms with Crippen LogP contribution in [0.4, 0.5) is 4.79 Å². The second kappa shape index (κ2) is 5.71. The average Bonchev–Trinajstić information content (AvgIpc) is 2.24.